The van der Waals surface area contributed by atoms with Crippen molar-refractivity contribution in [1.29, 1.82) is 0 Å². The number of nitrogens with zero attached hydrogens (tertiary/aromatic N) is 2. The minimum Gasteiger partial charge on any atom is -0.275 e. The molecule has 0 amide bonds. The van der Waals surface area contributed by atoms with Crippen LogP contribution in [0.15, 0.2) is 35.1 Å². The van der Waals surface area contributed by atoms with Gasteiger partial charge in [0.15, 0.2) is 0 Å². The summed E-state index contributed by atoms with van der Waals surface area (Å²) < 4.78 is 40.5. The van der Waals surface area contributed by atoms with E-state index >= 15 is 0 Å². The molecular weight excluding hydrogens is 337 g/mol. The molecule has 2 rings (SSSR count). The fourth-order valence-corrected chi connectivity index (χ4v) is 2.37. The average Bonchev–Trinajstić information content (AvgIpc) is 2.77. The number of rotatable bonds is 3. The van der Waals surface area contributed by atoms with Gasteiger partial charge in [-0.2, -0.15) is 18.3 Å². The maximum atomic E-state index is 12.8. The number of alkyl halides is 3. The molecule has 0 aliphatic carbocycles. The topological polar surface area (TPSA) is 55.9 Å². The van der Waals surface area contributed by atoms with Crippen LogP contribution in [0.2, 0.25) is 0 Å². The van der Waals surface area contributed by atoms with E-state index in [4.69, 9.17) is 5.84 Å². The molecular formula is C12H12BrF3N4. The second-order valence-corrected chi connectivity index (χ2v) is 5.14. The van der Waals surface area contributed by atoms with E-state index in [0.717, 1.165) is 12.1 Å². The zero-order valence-corrected chi connectivity index (χ0v) is 12.0. The molecule has 4 nitrogen and oxygen atoms in total. The Bertz CT molecular complexity index is 609. The molecule has 0 fully saturated rings. The molecule has 1 unspecified atom stereocenters. The molecule has 0 bridgehead atoms. The van der Waals surface area contributed by atoms with Crippen LogP contribution in [0.3, 0.4) is 0 Å². The summed E-state index contributed by atoms with van der Waals surface area (Å²) in [6, 6.07) is 2.87. The highest BCUT2D eigenvalue weighted by Crippen LogP contribution is 2.35. The van der Waals surface area contributed by atoms with E-state index in [9.17, 15) is 13.2 Å². The average molecular weight is 349 g/mol. The summed E-state index contributed by atoms with van der Waals surface area (Å²) in [5.41, 5.74) is 2.87. The van der Waals surface area contributed by atoms with E-state index in [0.29, 0.717) is 15.6 Å². The molecule has 20 heavy (non-hydrogen) atoms. The van der Waals surface area contributed by atoms with Crippen LogP contribution in [-0.4, -0.2) is 9.78 Å². The van der Waals surface area contributed by atoms with Crippen LogP contribution in [0, 0.1) is 0 Å². The van der Waals surface area contributed by atoms with Gasteiger partial charge in [-0.15, -0.1) is 0 Å². The van der Waals surface area contributed by atoms with Gasteiger partial charge in [-0.25, -0.2) is 5.43 Å². The number of halogens is 4. The van der Waals surface area contributed by atoms with Crippen molar-refractivity contribution in [2.45, 2.75) is 12.2 Å². The van der Waals surface area contributed by atoms with Gasteiger partial charge in [0, 0.05) is 23.3 Å². The number of hydrogen-bond acceptors (Lipinski definition) is 3. The van der Waals surface area contributed by atoms with Gasteiger partial charge in [-0.1, -0.05) is 15.9 Å². The maximum Gasteiger partial charge on any atom is 0.416 e. The predicted molar refractivity (Wildman–Crippen MR) is 71.5 cm³/mol. The highest BCUT2D eigenvalue weighted by atomic mass is 79.9. The quantitative estimate of drug-likeness (QED) is 0.662. The molecule has 0 aliphatic heterocycles. The Hall–Kier alpha value is -1.38. The first-order valence-electron chi connectivity index (χ1n) is 5.64. The summed E-state index contributed by atoms with van der Waals surface area (Å²) >= 11 is 3.25. The highest BCUT2D eigenvalue weighted by Gasteiger charge is 2.32. The van der Waals surface area contributed by atoms with Crippen molar-refractivity contribution < 1.29 is 13.2 Å². The van der Waals surface area contributed by atoms with Crippen LogP contribution in [0.4, 0.5) is 13.2 Å². The largest absolute Gasteiger partial charge is 0.416 e. The van der Waals surface area contributed by atoms with Crippen LogP contribution in [-0.2, 0) is 13.2 Å². The van der Waals surface area contributed by atoms with Crippen molar-refractivity contribution >= 4 is 15.9 Å². The minimum absolute atomic E-state index is 0.398. The Labute approximate surface area is 121 Å². The highest BCUT2D eigenvalue weighted by molar-refractivity contribution is 9.10. The van der Waals surface area contributed by atoms with Crippen molar-refractivity contribution in [3.63, 3.8) is 0 Å². The molecule has 0 aliphatic rings. The van der Waals surface area contributed by atoms with E-state index in [-0.39, 0.29) is 0 Å². The van der Waals surface area contributed by atoms with Gasteiger partial charge in [0.2, 0.25) is 0 Å². The Morgan fingerprint density at radius 2 is 2.10 bits per heavy atom. The number of hydrazine groups is 1. The molecule has 3 N–H and O–H groups in total. The second kappa shape index (κ2) is 5.55. The summed E-state index contributed by atoms with van der Waals surface area (Å²) in [7, 11) is 1.72. The first-order chi connectivity index (χ1) is 9.32. The maximum absolute atomic E-state index is 12.8. The Morgan fingerprint density at radius 3 is 2.60 bits per heavy atom. The molecule has 0 radical (unpaired) electrons. The predicted octanol–water partition coefficient (Wildman–Crippen LogP) is 2.75. The summed E-state index contributed by atoms with van der Waals surface area (Å²) in [4.78, 5) is 0. The summed E-state index contributed by atoms with van der Waals surface area (Å²) in [6.45, 7) is 0. The fourth-order valence-electron chi connectivity index (χ4n) is 1.90. The number of benzene rings is 1. The van der Waals surface area contributed by atoms with Gasteiger partial charge in [0.05, 0.1) is 17.8 Å². The molecule has 0 saturated carbocycles. The molecule has 108 valence electrons. The summed E-state index contributed by atoms with van der Waals surface area (Å²) in [6.07, 6.45) is -1.15. The summed E-state index contributed by atoms with van der Waals surface area (Å²) in [5, 5.41) is 4.00. The monoisotopic (exact) mass is 348 g/mol. The van der Waals surface area contributed by atoms with Crippen LogP contribution < -0.4 is 11.3 Å². The first kappa shape index (κ1) is 15.0. The molecule has 0 saturated heterocycles. The smallest absolute Gasteiger partial charge is 0.275 e. The molecule has 8 heteroatoms. The minimum atomic E-state index is -4.40. The molecule has 1 aromatic carbocycles. The third kappa shape index (κ3) is 3.02. The number of nitrogens with two attached hydrogens (primary N) is 1. The van der Waals surface area contributed by atoms with Crippen molar-refractivity contribution in [2.75, 3.05) is 0 Å². The van der Waals surface area contributed by atoms with Crippen molar-refractivity contribution in [3.05, 3.63) is 51.8 Å². The van der Waals surface area contributed by atoms with Gasteiger partial charge < -0.3 is 0 Å². The van der Waals surface area contributed by atoms with Crippen molar-refractivity contribution in [2.24, 2.45) is 12.9 Å². The van der Waals surface area contributed by atoms with E-state index in [1.807, 2.05) is 0 Å². The van der Waals surface area contributed by atoms with Crippen LogP contribution in [0.1, 0.15) is 22.7 Å². The molecule has 2 aromatic rings. The Morgan fingerprint density at radius 1 is 1.40 bits per heavy atom. The van der Waals surface area contributed by atoms with E-state index in [1.165, 1.54) is 6.07 Å². The number of nitrogens with one attached hydrogen (secondary N) is 1. The molecule has 1 heterocycles. The van der Waals surface area contributed by atoms with E-state index in [2.05, 4.69) is 26.5 Å². The van der Waals surface area contributed by atoms with Gasteiger partial charge >= 0.3 is 6.18 Å². The molecule has 0 spiro atoms. The lowest BCUT2D eigenvalue weighted by Crippen LogP contribution is -2.29. The first-order valence-corrected chi connectivity index (χ1v) is 6.43. The van der Waals surface area contributed by atoms with Gasteiger partial charge in [-0.05, 0) is 23.8 Å². The van der Waals surface area contributed by atoms with Crippen LogP contribution in [0.25, 0.3) is 0 Å². The van der Waals surface area contributed by atoms with E-state index < -0.39 is 17.8 Å². The SMILES string of the molecule is Cn1cc(C(NN)c2cc(C(F)(F)F)ccc2Br)cn1. The van der Waals surface area contributed by atoms with Gasteiger partial charge in [0.1, 0.15) is 0 Å². The molecule has 1 aromatic heterocycles. The zero-order chi connectivity index (χ0) is 14.9. The normalized spacial score (nSPS) is 13.5. The van der Waals surface area contributed by atoms with Crippen molar-refractivity contribution in [3.8, 4) is 0 Å². The zero-order valence-electron chi connectivity index (χ0n) is 10.4. The van der Waals surface area contributed by atoms with Crippen LogP contribution in [0.5, 0.6) is 0 Å². The third-order valence-corrected chi connectivity index (χ3v) is 3.58. The lowest BCUT2D eigenvalue weighted by Gasteiger charge is -2.18. The number of aryl methyl sites for hydroxylation is 1. The lowest BCUT2D eigenvalue weighted by atomic mass is 10.00. The molecule has 1 atom stereocenters. The van der Waals surface area contributed by atoms with E-state index in [1.54, 1.807) is 24.1 Å². The lowest BCUT2D eigenvalue weighted by molar-refractivity contribution is -0.137. The van der Waals surface area contributed by atoms with Gasteiger partial charge in [0.25, 0.3) is 0 Å². The standard InChI is InChI=1S/C12H12BrF3N4/c1-20-6-7(5-18-20)11(19-17)9-4-8(12(14,15)16)2-3-10(9)13/h2-6,11,19H,17H2,1H3. The fraction of sp³-hybridized carbons (Fsp3) is 0.250. The van der Waals surface area contributed by atoms with Crippen LogP contribution >= 0.6 is 15.9 Å². The van der Waals surface area contributed by atoms with Crippen molar-refractivity contribution in [1.82, 2.24) is 15.2 Å². The van der Waals surface area contributed by atoms with Gasteiger partial charge in [-0.3, -0.25) is 10.5 Å². The summed E-state index contributed by atoms with van der Waals surface area (Å²) in [5.74, 6) is 5.48. The Balaban J connectivity index is 2.49. The third-order valence-electron chi connectivity index (χ3n) is 2.86. The Kier molecular flexibility index (Phi) is 4.17. The number of hydrogen-bond donors (Lipinski definition) is 2. The second-order valence-electron chi connectivity index (χ2n) is 4.28. The number of aromatic nitrogens is 2.